The monoisotopic (exact) mass is 342 g/mol. The third-order valence-corrected chi connectivity index (χ3v) is 4.97. The van der Waals surface area contributed by atoms with Crippen molar-refractivity contribution in [1.82, 2.24) is 9.97 Å². The fourth-order valence-corrected chi connectivity index (χ4v) is 3.87. The van der Waals surface area contributed by atoms with Gasteiger partial charge in [-0.1, -0.05) is 29.3 Å². The Kier molecular flexibility index (Phi) is 3.52. The molecule has 0 aliphatic carbocycles. The van der Waals surface area contributed by atoms with Crippen molar-refractivity contribution in [2.45, 2.75) is 4.90 Å². The molecule has 0 atom stereocenters. The van der Waals surface area contributed by atoms with Crippen LogP contribution in [0.2, 0.25) is 10.0 Å². The summed E-state index contributed by atoms with van der Waals surface area (Å²) >= 11 is 11.8. The third kappa shape index (κ3) is 2.70. The van der Waals surface area contributed by atoms with Crippen molar-refractivity contribution in [2.75, 3.05) is 0 Å². The maximum Gasteiger partial charge on any atom is 0.342 e. The van der Waals surface area contributed by atoms with Crippen molar-refractivity contribution in [3.05, 3.63) is 52.8 Å². The topological polar surface area (TPSA) is 72.1 Å². The van der Waals surface area contributed by atoms with Crippen LogP contribution in [0.15, 0.2) is 47.6 Å². The lowest BCUT2D eigenvalue weighted by atomic mass is 10.3. The molecule has 0 amide bonds. The number of nitrogens with one attached hydrogen (secondary N) is 1. The Morgan fingerprint density at radius 2 is 1.81 bits per heavy atom. The van der Waals surface area contributed by atoms with Crippen molar-refractivity contribution in [1.29, 1.82) is 0 Å². The van der Waals surface area contributed by atoms with Gasteiger partial charge in [-0.2, -0.15) is 8.42 Å². The van der Waals surface area contributed by atoms with Crippen molar-refractivity contribution in [2.24, 2.45) is 0 Å². The minimum Gasteiger partial charge on any atom is -0.379 e. The van der Waals surface area contributed by atoms with Crippen LogP contribution >= 0.6 is 23.2 Å². The van der Waals surface area contributed by atoms with Gasteiger partial charge in [-0.05, 0) is 24.3 Å². The van der Waals surface area contributed by atoms with Crippen LogP contribution in [0.3, 0.4) is 0 Å². The van der Waals surface area contributed by atoms with Crippen molar-refractivity contribution in [3.63, 3.8) is 0 Å². The fraction of sp³-hybridized carbons (Fsp3) is 0. The Hall–Kier alpha value is -1.76. The van der Waals surface area contributed by atoms with Gasteiger partial charge >= 0.3 is 10.1 Å². The molecule has 1 heterocycles. The molecule has 0 saturated heterocycles. The predicted molar refractivity (Wildman–Crippen MR) is 80.4 cm³/mol. The van der Waals surface area contributed by atoms with Gasteiger partial charge < -0.3 is 9.17 Å². The zero-order valence-electron chi connectivity index (χ0n) is 10.4. The molecule has 2 aromatic carbocycles. The summed E-state index contributed by atoms with van der Waals surface area (Å²) in [5.74, 6) is 0.141. The molecule has 8 heteroatoms. The smallest absolute Gasteiger partial charge is 0.342 e. The summed E-state index contributed by atoms with van der Waals surface area (Å²) in [7, 11) is -4.12. The second-order valence-electron chi connectivity index (χ2n) is 4.17. The molecule has 0 radical (unpaired) electrons. The van der Waals surface area contributed by atoms with Crippen molar-refractivity contribution >= 4 is 44.4 Å². The minimum atomic E-state index is -4.12. The van der Waals surface area contributed by atoms with E-state index in [0.717, 1.165) is 0 Å². The van der Waals surface area contributed by atoms with Gasteiger partial charge in [0, 0.05) is 6.07 Å². The second-order valence-corrected chi connectivity index (χ2v) is 6.47. The van der Waals surface area contributed by atoms with E-state index in [9.17, 15) is 8.42 Å². The SMILES string of the molecule is O=S(=O)(Oc1ccc2nc[nH]c2c1)c1c(Cl)cccc1Cl. The highest BCUT2D eigenvalue weighted by Crippen LogP contribution is 2.31. The van der Waals surface area contributed by atoms with Crippen LogP contribution in [-0.4, -0.2) is 18.4 Å². The molecule has 0 saturated carbocycles. The Labute approximate surface area is 130 Å². The molecule has 3 aromatic rings. The lowest BCUT2D eigenvalue weighted by Crippen LogP contribution is -2.11. The second kappa shape index (κ2) is 5.22. The molecule has 108 valence electrons. The molecular formula is C13H8Cl2N2O3S. The van der Waals surface area contributed by atoms with E-state index in [0.29, 0.717) is 11.0 Å². The summed E-state index contributed by atoms with van der Waals surface area (Å²) in [5, 5.41) is 0.00948. The van der Waals surface area contributed by atoms with Crippen LogP contribution < -0.4 is 4.18 Å². The van der Waals surface area contributed by atoms with E-state index in [-0.39, 0.29) is 20.7 Å². The average Bonchev–Trinajstić information content (AvgIpc) is 2.85. The molecule has 3 rings (SSSR count). The first-order valence-electron chi connectivity index (χ1n) is 5.79. The number of aromatic nitrogens is 2. The lowest BCUT2D eigenvalue weighted by molar-refractivity contribution is 0.486. The van der Waals surface area contributed by atoms with Gasteiger partial charge in [0.1, 0.15) is 10.6 Å². The summed E-state index contributed by atoms with van der Waals surface area (Å²) in [6.45, 7) is 0. The molecule has 0 spiro atoms. The summed E-state index contributed by atoms with van der Waals surface area (Å²) in [5.41, 5.74) is 1.36. The van der Waals surface area contributed by atoms with Crippen LogP contribution in [-0.2, 0) is 10.1 Å². The van der Waals surface area contributed by atoms with Gasteiger partial charge in [0.15, 0.2) is 0 Å². The highest BCUT2D eigenvalue weighted by atomic mass is 35.5. The molecule has 21 heavy (non-hydrogen) atoms. The number of nitrogens with zero attached hydrogens (tertiary/aromatic N) is 1. The fourth-order valence-electron chi connectivity index (χ4n) is 1.86. The highest BCUT2D eigenvalue weighted by molar-refractivity contribution is 7.87. The Morgan fingerprint density at radius 1 is 1.10 bits per heavy atom. The third-order valence-electron chi connectivity index (χ3n) is 2.77. The Balaban J connectivity index is 2.03. The first-order chi connectivity index (χ1) is 9.97. The predicted octanol–water partition coefficient (Wildman–Crippen LogP) is 3.64. The molecule has 5 nitrogen and oxygen atoms in total. The zero-order valence-corrected chi connectivity index (χ0v) is 12.7. The molecule has 1 aromatic heterocycles. The Bertz CT molecular complexity index is 902. The summed E-state index contributed by atoms with van der Waals surface area (Å²) < 4.78 is 29.7. The first kappa shape index (κ1) is 14.2. The highest BCUT2D eigenvalue weighted by Gasteiger charge is 2.24. The number of imidazole rings is 1. The van der Waals surface area contributed by atoms with E-state index in [1.165, 1.54) is 30.6 Å². The largest absolute Gasteiger partial charge is 0.379 e. The first-order valence-corrected chi connectivity index (χ1v) is 7.95. The van der Waals surface area contributed by atoms with Crippen LogP contribution in [0.25, 0.3) is 11.0 Å². The van der Waals surface area contributed by atoms with Crippen LogP contribution in [0, 0.1) is 0 Å². The standard InChI is InChI=1S/C13H8Cl2N2O3S/c14-9-2-1-3-10(15)13(9)21(18,19)20-8-4-5-11-12(6-8)17-7-16-11/h1-7H,(H,16,17). The number of hydrogen-bond acceptors (Lipinski definition) is 4. The maximum absolute atomic E-state index is 12.3. The van der Waals surface area contributed by atoms with Crippen LogP contribution in [0.1, 0.15) is 0 Å². The van der Waals surface area contributed by atoms with E-state index in [2.05, 4.69) is 9.97 Å². The van der Waals surface area contributed by atoms with Gasteiger partial charge in [-0.25, -0.2) is 4.98 Å². The molecule has 1 N–H and O–H groups in total. The van der Waals surface area contributed by atoms with Crippen molar-refractivity contribution < 1.29 is 12.6 Å². The lowest BCUT2D eigenvalue weighted by Gasteiger charge is -2.09. The zero-order chi connectivity index (χ0) is 15.0. The van der Waals surface area contributed by atoms with E-state index < -0.39 is 10.1 Å². The summed E-state index contributed by atoms with van der Waals surface area (Å²) in [4.78, 5) is 6.66. The molecule has 0 unspecified atom stereocenters. The number of fused-ring (bicyclic) bond motifs is 1. The number of rotatable bonds is 3. The molecule has 0 aliphatic heterocycles. The van der Waals surface area contributed by atoms with Crippen LogP contribution in [0.4, 0.5) is 0 Å². The van der Waals surface area contributed by atoms with Gasteiger partial charge in [0.25, 0.3) is 0 Å². The van der Waals surface area contributed by atoms with Gasteiger partial charge in [-0.3, -0.25) is 0 Å². The normalized spacial score (nSPS) is 11.7. The average molecular weight is 343 g/mol. The van der Waals surface area contributed by atoms with E-state index in [1.54, 1.807) is 12.1 Å². The van der Waals surface area contributed by atoms with Gasteiger partial charge in [0.2, 0.25) is 0 Å². The molecule has 0 aliphatic rings. The number of H-pyrrole nitrogens is 1. The van der Waals surface area contributed by atoms with Crippen LogP contribution in [0.5, 0.6) is 5.75 Å². The number of halogens is 2. The minimum absolute atomic E-state index is 0.00474. The molecular weight excluding hydrogens is 335 g/mol. The number of hydrogen-bond donors (Lipinski definition) is 1. The van der Waals surface area contributed by atoms with E-state index >= 15 is 0 Å². The van der Waals surface area contributed by atoms with Gasteiger partial charge in [-0.15, -0.1) is 0 Å². The van der Waals surface area contributed by atoms with E-state index in [1.807, 2.05) is 0 Å². The van der Waals surface area contributed by atoms with Crippen molar-refractivity contribution in [3.8, 4) is 5.75 Å². The summed E-state index contributed by atoms with van der Waals surface area (Å²) in [6, 6.07) is 9.10. The molecule has 0 bridgehead atoms. The number of aromatic amines is 1. The summed E-state index contributed by atoms with van der Waals surface area (Å²) in [6.07, 6.45) is 1.51. The van der Waals surface area contributed by atoms with Gasteiger partial charge in [0.05, 0.1) is 27.4 Å². The Morgan fingerprint density at radius 3 is 2.52 bits per heavy atom. The number of benzene rings is 2. The quantitative estimate of drug-likeness (QED) is 0.737. The molecule has 0 fully saturated rings. The maximum atomic E-state index is 12.3. The van der Waals surface area contributed by atoms with E-state index in [4.69, 9.17) is 27.4 Å².